The highest BCUT2D eigenvalue weighted by molar-refractivity contribution is 5.91. The van der Waals surface area contributed by atoms with Gasteiger partial charge in [-0.15, -0.1) is 0 Å². The van der Waals surface area contributed by atoms with Crippen LogP contribution in [0, 0.1) is 28.6 Å². The number of fused-ring (bicyclic) bond motifs is 5. The molecular weight excluding hydrogens is 356 g/mol. The van der Waals surface area contributed by atoms with Crippen molar-refractivity contribution in [1.82, 2.24) is 0 Å². The zero-order valence-electron chi connectivity index (χ0n) is 18.0. The molecule has 0 aromatic rings. The van der Waals surface area contributed by atoms with Gasteiger partial charge in [-0.3, -0.25) is 4.79 Å². The molecule has 3 saturated carbocycles. The highest BCUT2D eigenvalue weighted by atomic mass is 16.5. The fraction of sp³-hybridized carbons (Fsp3) is 0.826. The van der Waals surface area contributed by atoms with Gasteiger partial charge < -0.3 is 14.9 Å². The molecule has 0 aromatic carbocycles. The first-order valence-corrected chi connectivity index (χ1v) is 10.9. The third-order valence-corrected chi connectivity index (χ3v) is 8.71. The molecule has 0 heterocycles. The van der Waals surface area contributed by atoms with Crippen LogP contribution < -0.4 is 0 Å². The molecule has 4 rings (SSSR count). The van der Waals surface area contributed by atoms with Gasteiger partial charge in [-0.25, -0.2) is 4.79 Å². The Balaban J connectivity index is 0.00000109. The van der Waals surface area contributed by atoms with Gasteiger partial charge in [0.25, 0.3) is 0 Å². The molecule has 2 N–H and O–H groups in total. The van der Waals surface area contributed by atoms with Crippen LogP contribution in [0.5, 0.6) is 0 Å². The first-order valence-electron chi connectivity index (χ1n) is 10.9. The summed E-state index contributed by atoms with van der Waals surface area (Å²) < 4.78 is 5.64. The Bertz CT molecular complexity index is 684. The highest BCUT2D eigenvalue weighted by Gasteiger charge is 2.69. The Hall–Kier alpha value is -1.20. The number of allylic oxidation sites excluding steroid dienone is 1. The average molecular weight is 393 g/mol. The normalized spacial score (nSPS) is 47.1. The number of ketones is 1. The smallest absolute Gasteiger partial charge is 0.336 e. The quantitative estimate of drug-likeness (QED) is 0.742. The summed E-state index contributed by atoms with van der Waals surface area (Å²) in [6, 6.07) is 0. The maximum Gasteiger partial charge on any atom is 0.336 e. The van der Waals surface area contributed by atoms with Crippen LogP contribution in [-0.4, -0.2) is 40.8 Å². The van der Waals surface area contributed by atoms with E-state index < -0.39 is 23.1 Å². The summed E-state index contributed by atoms with van der Waals surface area (Å²) in [6.07, 6.45) is 6.22. The monoisotopic (exact) mass is 392 g/mol. The van der Waals surface area contributed by atoms with E-state index in [1.54, 1.807) is 0 Å². The first kappa shape index (κ1) is 21.5. The van der Waals surface area contributed by atoms with Crippen molar-refractivity contribution < 1.29 is 24.5 Å². The van der Waals surface area contributed by atoms with Gasteiger partial charge in [0.05, 0.1) is 6.10 Å². The van der Waals surface area contributed by atoms with Crippen molar-refractivity contribution >= 4 is 11.8 Å². The molecule has 158 valence electrons. The minimum Gasteiger partial charge on any atom is -0.479 e. The number of ether oxygens (including phenoxy) is 1. The Morgan fingerprint density at radius 1 is 1.18 bits per heavy atom. The largest absolute Gasteiger partial charge is 0.479 e. The number of hydrogen-bond acceptors (Lipinski definition) is 4. The van der Waals surface area contributed by atoms with Crippen molar-refractivity contribution in [3.8, 4) is 0 Å². The number of aliphatic hydroxyl groups excluding tert-OH is 1. The summed E-state index contributed by atoms with van der Waals surface area (Å²) in [5.74, 6) is -0.0636. The zero-order chi connectivity index (χ0) is 20.9. The molecule has 0 saturated heterocycles. The van der Waals surface area contributed by atoms with E-state index in [9.17, 15) is 19.8 Å². The molecule has 4 aliphatic carbocycles. The number of aliphatic carboxylic acids is 1. The van der Waals surface area contributed by atoms with Crippen molar-refractivity contribution in [2.45, 2.75) is 84.3 Å². The number of carbonyl (C=O) groups is 2. The minimum atomic E-state index is -1.21. The van der Waals surface area contributed by atoms with E-state index in [1.807, 2.05) is 26.8 Å². The lowest BCUT2D eigenvalue weighted by atomic mass is 9.45. The molecule has 0 amide bonds. The van der Waals surface area contributed by atoms with Crippen LogP contribution in [0.4, 0.5) is 0 Å². The lowest BCUT2D eigenvalue weighted by Gasteiger charge is -2.60. The van der Waals surface area contributed by atoms with Gasteiger partial charge in [0.2, 0.25) is 0 Å². The number of hydrogen-bond donors (Lipinski definition) is 2. The van der Waals surface area contributed by atoms with Gasteiger partial charge >= 0.3 is 5.97 Å². The second-order valence-corrected chi connectivity index (χ2v) is 9.45. The molecule has 0 bridgehead atoms. The van der Waals surface area contributed by atoms with Crippen LogP contribution in [0.25, 0.3) is 0 Å². The molecule has 4 aliphatic rings. The highest BCUT2D eigenvalue weighted by Crippen LogP contribution is 2.68. The molecular formula is C23H36O5. The van der Waals surface area contributed by atoms with Crippen LogP contribution in [0.1, 0.15) is 72.6 Å². The molecule has 3 fully saturated rings. The van der Waals surface area contributed by atoms with Gasteiger partial charge in [-0.1, -0.05) is 33.3 Å². The minimum absolute atomic E-state index is 0.107. The maximum atomic E-state index is 12.2. The van der Waals surface area contributed by atoms with Crippen molar-refractivity contribution in [2.75, 3.05) is 7.11 Å². The summed E-state index contributed by atoms with van der Waals surface area (Å²) in [4.78, 5) is 24.1. The Labute approximate surface area is 168 Å². The predicted molar refractivity (Wildman–Crippen MR) is 107 cm³/mol. The topological polar surface area (TPSA) is 83.8 Å². The maximum absolute atomic E-state index is 12.2. The van der Waals surface area contributed by atoms with Crippen LogP contribution in [0.15, 0.2) is 11.6 Å². The number of carboxylic acids is 1. The summed E-state index contributed by atoms with van der Waals surface area (Å²) in [5, 5.41) is 21.2. The van der Waals surface area contributed by atoms with E-state index in [0.29, 0.717) is 19.3 Å². The second kappa shape index (κ2) is 7.24. The number of aliphatic hydroxyl groups is 1. The number of methoxy groups -OCH3 is 1. The van der Waals surface area contributed by atoms with E-state index in [2.05, 4.69) is 6.92 Å². The predicted octanol–water partition coefficient (Wildman–Crippen LogP) is 3.99. The first-order chi connectivity index (χ1) is 13.2. The molecule has 28 heavy (non-hydrogen) atoms. The van der Waals surface area contributed by atoms with Crippen molar-refractivity contribution in [2.24, 2.45) is 28.6 Å². The average Bonchev–Trinajstić information content (AvgIpc) is 2.96. The van der Waals surface area contributed by atoms with Crippen LogP contribution >= 0.6 is 0 Å². The van der Waals surface area contributed by atoms with Crippen LogP contribution in [0.2, 0.25) is 0 Å². The van der Waals surface area contributed by atoms with Gasteiger partial charge in [0.1, 0.15) is 0 Å². The van der Waals surface area contributed by atoms with Gasteiger partial charge in [0, 0.05) is 18.9 Å². The second-order valence-electron chi connectivity index (χ2n) is 9.45. The van der Waals surface area contributed by atoms with Crippen molar-refractivity contribution in [3.63, 3.8) is 0 Å². The molecule has 0 spiro atoms. The lowest BCUT2D eigenvalue weighted by molar-refractivity contribution is -0.201. The molecule has 0 aliphatic heterocycles. The molecule has 0 radical (unpaired) electrons. The van der Waals surface area contributed by atoms with Crippen LogP contribution in [-0.2, 0) is 14.3 Å². The van der Waals surface area contributed by atoms with E-state index in [1.165, 1.54) is 12.7 Å². The standard InChI is InChI=1S/C21H30O5.C2H6/c1-19-8-6-13(22)10-12(19)4-5-14-15-7-9-21(26-3,18(24)25)20(15,2)11-16(23)17(14)19;1-2/h10,14-17,23H,4-9,11H2,1-3H3,(H,24,25);1-2H3. The summed E-state index contributed by atoms with van der Waals surface area (Å²) in [5.41, 5.74) is -0.703. The third kappa shape index (κ3) is 2.65. The van der Waals surface area contributed by atoms with Crippen molar-refractivity contribution in [1.29, 1.82) is 0 Å². The Morgan fingerprint density at radius 2 is 1.86 bits per heavy atom. The van der Waals surface area contributed by atoms with Gasteiger partial charge in [-0.05, 0) is 67.8 Å². The number of carbonyl (C=O) groups excluding carboxylic acids is 1. The van der Waals surface area contributed by atoms with Gasteiger partial charge in [-0.2, -0.15) is 0 Å². The summed E-state index contributed by atoms with van der Waals surface area (Å²) in [6.45, 7) is 8.23. The summed E-state index contributed by atoms with van der Waals surface area (Å²) in [7, 11) is 1.50. The summed E-state index contributed by atoms with van der Waals surface area (Å²) >= 11 is 0. The van der Waals surface area contributed by atoms with E-state index in [-0.39, 0.29) is 29.0 Å². The fourth-order valence-corrected chi connectivity index (χ4v) is 7.45. The zero-order valence-corrected chi connectivity index (χ0v) is 18.0. The van der Waals surface area contributed by atoms with Crippen molar-refractivity contribution in [3.05, 3.63) is 11.6 Å². The Morgan fingerprint density at radius 3 is 2.46 bits per heavy atom. The Kier molecular flexibility index (Phi) is 5.56. The van der Waals surface area contributed by atoms with E-state index in [4.69, 9.17) is 4.74 Å². The number of carboxylic acid groups (broad SMARTS) is 1. The third-order valence-electron chi connectivity index (χ3n) is 8.71. The lowest BCUT2D eigenvalue weighted by Crippen LogP contribution is -2.62. The van der Waals surface area contributed by atoms with Crippen LogP contribution in [0.3, 0.4) is 0 Å². The number of rotatable bonds is 2. The SMILES string of the molecule is CC.COC1(C(=O)O)CCC2C3CCC4=CC(=O)CCC4(C)C3C(O)CC21C. The van der Waals surface area contributed by atoms with E-state index >= 15 is 0 Å². The molecule has 5 heteroatoms. The van der Waals surface area contributed by atoms with E-state index in [0.717, 1.165) is 25.7 Å². The molecule has 0 aromatic heterocycles. The van der Waals surface area contributed by atoms with Gasteiger partial charge in [0.15, 0.2) is 11.4 Å². The molecule has 7 unspecified atom stereocenters. The fourth-order valence-electron chi connectivity index (χ4n) is 7.45. The molecule has 5 nitrogen and oxygen atoms in total. The molecule has 7 atom stereocenters.